The first-order valence-electron chi connectivity index (χ1n) is 13.2. The third kappa shape index (κ3) is 3.19. The molecule has 3 heterocycles. The fourth-order valence-corrected chi connectivity index (χ4v) is 4.66. The summed E-state index contributed by atoms with van der Waals surface area (Å²) in [4.78, 5) is 19.6. The van der Waals surface area contributed by atoms with Crippen molar-refractivity contribution in [3.63, 3.8) is 0 Å². The molecule has 0 N–H and O–H groups in total. The number of imidazole rings is 2. The lowest BCUT2D eigenvalue weighted by atomic mass is 10.2. The molecule has 0 spiro atoms. The van der Waals surface area contributed by atoms with Gasteiger partial charge in [0.25, 0.3) is 0 Å². The Hall–Kier alpha value is -4.84. The Morgan fingerprint density at radius 2 is 1.25 bits per heavy atom. The molecule has 0 saturated heterocycles. The van der Waals surface area contributed by atoms with Crippen LogP contribution in [0.2, 0.25) is 0 Å². The van der Waals surface area contributed by atoms with Crippen LogP contribution in [0, 0.1) is 13.8 Å². The van der Waals surface area contributed by atoms with Crippen LogP contribution in [0.15, 0.2) is 97.1 Å². The van der Waals surface area contributed by atoms with E-state index in [2.05, 4.69) is 0 Å². The molecule has 3 aromatic heterocycles. The second-order valence-electron chi connectivity index (χ2n) is 8.79. The molecular formula is C30H22N6. The molecule has 0 amide bonds. The SMILES string of the molecule is [2H]C([2H])([2H])c1ccc2c(c1)n1c3ccc(C)cc3nc1n2-c1nc(-c2ccccc2)nc(-c2ccccc2)n1. The van der Waals surface area contributed by atoms with Gasteiger partial charge in [-0.25, -0.2) is 14.5 Å². The fourth-order valence-electron chi connectivity index (χ4n) is 4.66. The highest BCUT2D eigenvalue weighted by Gasteiger charge is 2.21. The predicted molar refractivity (Wildman–Crippen MR) is 143 cm³/mol. The van der Waals surface area contributed by atoms with E-state index in [0.717, 1.165) is 33.2 Å². The Morgan fingerprint density at radius 1 is 0.611 bits per heavy atom. The van der Waals surface area contributed by atoms with E-state index < -0.39 is 6.85 Å². The second kappa shape index (κ2) is 7.85. The highest BCUT2D eigenvalue weighted by Crippen LogP contribution is 2.30. The molecule has 7 rings (SSSR count). The van der Waals surface area contributed by atoms with Crippen molar-refractivity contribution in [1.29, 1.82) is 0 Å². The molecule has 0 saturated carbocycles. The van der Waals surface area contributed by atoms with E-state index in [4.69, 9.17) is 24.0 Å². The summed E-state index contributed by atoms with van der Waals surface area (Å²) in [6, 6.07) is 30.8. The first kappa shape index (κ1) is 17.6. The minimum Gasteiger partial charge on any atom is -0.276 e. The number of benzene rings is 4. The van der Waals surface area contributed by atoms with E-state index >= 15 is 0 Å². The van der Waals surface area contributed by atoms with Gasteiger partial charge >= 0.3 is 0 Å². The van der Waals surface area contributed by atoms with Gasteiger partial charge in [0.2, 0.25) is 11.7 Å². The van der Waals surface area contributed by atoms with Crippen LogP contribution in [0.5, 0.6) is 0 Å². The normalized spacial score (nSPS) is 13.2. The molecule has 0 aliphatic carbocycles. The number of hydrogen-bond acceptors (Lipinski definition) is 4. The molecule has 0 atom stereocenters. The molecule has 0 unspecified atom stereocenters. The quantitative estimate of drug-likeness (QED) is 0.294. The average Bonchev–Trinajstić information content (AvgIpc) is 3.46. The highest BCUT2D eigenvalue weighted by molar-refractivity contribution is 5.92. The van der Waals surface area contributed by atoms with E-state index in [9.17, 15) is 0 Å². The van der Waals surface area contributed by atoms with Crippen molar-refractivity contribution in [2.75, 3.05) is 0 Å². The van der Waals surface area contributed by atoms with Crippen molar-refractivity contribution in [3.8, 4) is 28.7 Å². The van der Waals surface area contributed by atoms with Crippen molar-refractivity contribution in [3.05, 3.63) is 108 Å². The zero-order chi connectivity index (χ0) is 26.7. The molecule has 6 nitrogen and oxygen atoms in total. The number of hydrogen-bond donors (Lipinski definition) is 0. The summed E-state index contributed by atoms with van der Waals surface area (Å²) in [6.45, 7) is -0.226. The van der Waals surface area contributed by atoms with Gasteiger partial charge in [0.1, 0.15) is 0 Å². The van der Waals surface area contributed by atoms with E-state index in [1.807, 2.05) is 94.8 Å². The monoisotopic (exact) mass is 469 g/mol. The number of rotatable bonds is 3. The van der Waals surface area contributed by atoms with E-state index in [1.165, 1.54) is 0 Å². The standard InChI is InChI=1S/C30H22N6/c1-19-13-15-24-23(17-19)31-30-35(24)26-18-20(2)14-16-25(26)36(30)29-33-27(21-9-5-3-6-10-21)32-28(34-29)22-11-7-4-8-12-22/h3-18H,1-2H3/i2D3. The number of aryl methyl sites for hydroxylation is 2. The predicted octanol–water partition coefficient (Wildman–Crippen LogP) is 6.57. The minimum atomic E-state index is -2.25. The largest absolute Gasteiger partial charge is 0.276 e. The molecule has 0 radical (unpaired) electrons. The number of fused-ring (bicyclic) bond motifs is 5. The van der Waals surface area contributed by atoms with E-state index in [1.54, 1.807) is 18.2 Å². The Morgan fingerprint density at radius 3 is 1.92 bits per heavy atom. The fraction of sp³-hybridized carbons (Fsp3) is 0.0667. The summed E-state index contributed by atoms with van der Waals surface area (Å²) in [7, 11) is 0. The molecule has 172 valence electrons. The molecular weight excluding hydrogens is 444 g/mol. The third-order valence-electron chi connectivity index (χ3n) is 6.34. The summed E-state index contributed by atoms with van der Waals surface area (Å²) in [5.74, 6) is 2.06. The van der Waals surface area contributed by atoms with Gasteiger partial charge in [0.05, 0.1) is 22.1 Å². The first-order valence-corrected chi connectivity index (χ1v) is 11.7. The highest BCUT2D eigenvalue weighted by atomic mass is 15.3. The topological polar surface area (TPSA) is 60.9 Å². The van der Waals surface area contributed by atoms with Gasteiger partial charge in [-0.2, -0.15) is 9.97 Å². The van der Waals surface area contributed by atoms with Crippen molar-refractivity contribution < 1.29 is 4.11 Å². The van der Waals surface area contributed by atoms with Crippen LogP contribution < -0.4 is 0 Å². The van der Waals surface area contributed by atoms with Crippen LogP contribution >= 0.6 is 0 Å². The Balaban J connectivity index is 1.59. The van der Waals surface area contributed by atoms with Gasteiger partial charge in [-0.15, -0.1) is 0 Å². The van der Waals surface area contributed by atoms with Gasteiger partial charge in [0, 0.05) is 15.2 Å². The van der Waals surface area contributed by atoms with Gasteiger partial charge in [-0.1, -0.05) is 72.8 Å². The molecule has 6 heteroatoms. The van der Waals surface area contributed by atoms with Gasteiger partial charge in [0.15, 0.2) is 11.6 Å². The lowest BCUT2D eigenvalue weighted by Gasteiger charge is -2.09. The second-order valence-corrected chi connectivity index (χ2v) is 8.79. The maximum Gasteiger partial charge on any atom is 0.241 e. The van der Waals surface area contributed by atoms with Crippen molar-refractivity contribution >= 4 is 27.8 Å². The number of aromatic nitrogens is 6. The molecule has 0 aliphatic rings. The van der Waals surface area contributed by atoms with Gasteiger partial charge in [-0.05, 0) is 49.2 Å². The van der Waals surface area contributed by atoms with Crippen LogP contribution in [0.1, 0.15) is 15.2 Å². The van der Waals surface area contributed by atoms with Crippen LogP contribution in [0.3, 0.4) is 0 Å². The molecule has 4 aromatic carbocycles. The van der Waals surface area contributed by atoms with Gasteiger partial charge < -0.3 is 0 Å². The Labute approximate surface area is 211 Å². The maximum absolute atomic E-state index is 8.00. The lowest BCUT2D eigenvalue weighted by Crippen LogP contribution is -2.06. The third-order valence-corrected chi connectivity index (χ3v) is 6.34. The molecule has 36 heavy (non-hydrogen) atoms. The first-order chi connectivity index (χ1) is 18.9. The van der Waals surface area contributed by atoms with Crippen LogP contribution in [0.25, 0.3) is 56.6 Å². The molecule has 0 fully saturated rings. The minimum absolute atomic E-state index is 0.258. The maximum atomic E-state index is 8.00. The van der Waals surface area contributed by atoms with E-state index in [-0.39, 0.29) is 5.56 Å². The lowest BCUT2D eigenvalue weighted by molar-refractivity contribution is 0.937. The van der Waals surface area contributed by atoms with Crippen molar-refractivity contribution in [1.82, 2.24) is 28.9 Å². The van der Waals surface area contributed by atoms with E-state index in [0.29, 0.717) is 28.9 Å². The molecule has 7 aromatic rings. The summed E-state index contributed by atoms with van der Waals surface area (Å²) < 4.78 is 27.9. The van der Waals surface area contributed by atoms with Crippen molar-refractivity contribution in [2.24, 2.45) is 0 Å². The smallest absolute Gasteiger partial charge is 0.241 e. The Bertz CT molecular complexity index is 1950. The summed E-state index contributed by atoms with van der Waals surface area (Å²) in [5, 5.41) is 0. The zero-order valence-electron chi connectivity index (χ0n) is 22.4. The summed E-state index contributed by atoms with van der Waals surface area (Å²) in [5.41, 5.74) is 6.21. The van der Waals surface area contributed by atoms with Crippen molar-refractivity contribution in [2.45, 2.75) is 13.8 Å². The molecule has 0 aliphatic heterocycles. The van der Waals surface area contributed by atoms with Crippen LogP contribution in [-0.4, -0.2) is 28.9 Å². The Kier molecular flexibility index (Phi) is 3.83. The molecule has 0 bridgehead atoms. The van der Waals surface area contributed by atoms with Crippen LogP contribution in [-0.2, 0) is 0 Å². The summed E-state index contributed by atoms with van der Waals surface area (Å²) in [6.07, 6.45) is 0. The average molecular weight is 470 g/mol. The zero-order valence-corrected chi connectivity index (χ0v) is 19.4. The number of nitrogens with zero attached hydrogens (tertiary/aromatic N) is 6. The van der Waals surface area contributed by atoms with Gasteiger partial charge in [-0.3, -0.25) is 4.40 Å². The summed E-state index contributed by atoms with van der Waals surface area (Å²) >= 11 is 0. The van der Waals surface area contributed by atoms with Crippen LogP contribution in [0.4, 0.5) is 0 Å².